The average Bonchev–Trinajstić information content (AvgIpc) is 3.22. The van der Waals surface area contributed by atoms with Gasteiger partial charge in [0.2, 0.25) is 0 Å². The molecule has 1 aromatic heterocycles. The van der Waals surface area contributed by atoms with Gasteiger partial charge in [-0.05, 0) is 48.2 Å². The maximum atomic E-state index is 13.0. The normalized spacial score (nSPS) is 15.6. The minimum absolute atomic E-state index is 0.215. The number of hydrogen-bond donors (Lipinski definition) is 1. The van der Waals surface area contributed by atoms with E-state index < -0.39 is 11.2 Å². The van der Waals surface area contributed by atoms with E-state index in [2.05, 4.69) is 5.32 Å². The lowest BCUT2D eigenvalue weighted by molar-refractivity contribution is 0.0951. The molecule has 1 aliphatic rings. The maximum absolute atomic E-state index is 13.0. The molecule has 28 heavy (non-hydrogen) atoms. The van der Waals surface area contributed by atoms with E-state index in [1.54, 1.807) is 60.8 Å². The molecule has 2 amide bonds. The third-order valence-electron chi connectivity index (χ3n) is 4.64. The van der Waals surface area contributed by atoms with Crippen LogP contribution in [-0.4, -0.2) is 30.0 Å². The Kier molecular flexibility index (Phi) is 5.21. The Bertz CT molecular complexity index is 1030. The van der Waals surface area contributed by atoms with Crippen LogP contribution in [0, 0.1) is 0 Å². The molecule has 4 rings (SSSR count). The zero-order chi connectivity index (χ0) is 19.7. The summed E-state index contributed by atoms with van der Waals surface area (Å²) in [5, 5.41) is 4.91. The van der Waals surface area contributed by atoms with Crippen molar-refractivity contribution in [3.05, 3.63) is 76.0 Å². The summed E-state index contributed by atoms with van der Waals surface area (Å²) in [6.07, 6.45) is 0.770. The second-order valence-electron chi connectivity index (χ2n) is 6.40. The number of carbonyl (C=O) groups excluding carboxylic acids is 2. The number of fused-ring (bicyclic) bond motifs is 2. The summed E-state index contributed by atoms with van der Waals surface area (Å²) in [5.41, 5.74) is 1.35. The summed E-state index contributed by atoms with van der Waals surface area (Å²) in [6, 6.07) is 15.9. The zero-order valence-electron chi connectivity index (χ0n) is 15.2. The maximum Gasteiger partial charge on any atom is 0.263 e. The smallest absolute Gasteiger partial charge is 0.263 e. The number of carbonyl (C=O) groups is 2. The van der Waals surface area contributed by atoms with Crippen LogP contribution in [0.3, 0.4) is 0 Å². The molecule has 2 aromatic carbocycles. The van der Waals surface area contributed by atoms with Gasteiger partial charge < -0.3 is 14.8 Å². The van der Waals surface area contributed by atoms with Gasteiger partial charge in [-0.1, -0.05) is 18.2 Å². The average molecular weight is 411 g/mol. The first-order chi connectivity index (χ1) is 13.6. The summed E-state index contributed by atoms with van der Waals surface area (Å²) in [5.74, 6) is -0.453. The van der Waals surface area contributed by atoms with Gasteiger partial charge in [0.25, 0.3) is 11.8 Å². The van der Waals surface area contributed by atoms with Crippen LogP contribution < -0.4 is 10.2 Å². The summed E-state index contributed by atoms with van der Waals surface area (Å²) in [6.45, 7) is 0.530. The molecular weight excluding hydrogens is 392 g/mol. The monoisotopic (exact) mass is 410 g/mol. The fourth-order valence-corrected chi connectivity index (χ4v) is 5.23. The van der Waals surface area contributed by atoms with Gasteiger partial charge in [0.1, 0.15) is 5.69 Å². The van der Waals surface area contributed by atoms with Gasteiger partial charge in [-0.2, -0.15) is 0 Å². The molecule has 1 N–H and O–H groups in total. The molecular formula is C21H18N2O3S2. The quantitative estimate of drug-likeness (QED) is 0.670. The van der Waals surface area contributed by atoms with Crippen molar-refractivity contribution in [2.24, 2.45) is 0 Å². The first-order valence-electron chi connectivity index (χ1n) is 8.80. The van der Waals surface area contributed by atoms with Gasteiger partial charge in [0.05, 0.1) is 5.56 Å². The molecule has 2 heterocycles. The molecule has 1 aliphatic heterocycles. The van der Waals surface area contributed by atoms with E-state index in [4.69, 9.17) is 0 Å². The van der Waals surface area contributed by atoms with Crippen LogP contribution in [0.25, 0.3) is 0 Å². The highest BCUT2D eigenvalue weighted by Crippen LogP contribution is 2.36. The van der Waals surface area contributed by atoms with Gasteiger partial charge in [-0.3, -0.25) is 9.59 Å². The van der Waals surface area contributed by atoms with Crippen LogP contribution >= 0.6 is 11.3 Å². The van der Waals surface area contributed by atoms with Crippen molar-refractivity contribution in [1.29, 1.82) is 0 Å². The number of rotatable bonds is 4. The molecule has 0 spiro atoms. The molecule has 0 radical (unpaired) electrons. The van der Waals surface area contributed by atoms with Crippen LogP contribution in [0.1, 0.15) is 25.6 Å². The van der Waals surface area contributed by atoms with Gasteiger partial charge in [-0.15, -0.1) is 11.3 Å². The SMILES string of the molecule is CN1C(=O)c2ccccc2[S@@+]([O-])c2ccc(C(=O)NCCc3cccs3)cc21. The molecule has 0 fully saturated rings. The second-order valence-corrected chi connectivity index (χ2v) is 8.85. The summed E-state index contributed by atoms with van der Waals surface area (Å²) >= 11 is 0.168. The van der Waals surface area contributed by atoms with Crippen LogP contribution in [0.15, 0.2) is 69.8 Å². The fraction of sp³-hybridized carbons (Fsp3) is 0.143. The highest BCUT2D eigenvalue weighted by Gasteiger charge is 2.34. The highest BCUT2D eigenvalue weighted by atomic mass is 32.2. The molecule has 3 aromatic rings. The Labute approximate surface area is 170 Å². The topological polar surface area (TPSA) is 72.5 Å². The number of anilines is 1. The van der Waals surface area contributed by atoms with E-state index in [1.165, 1.54) is 9.78 Å². The van der Waals surface area contributed by atoms with E-state index >= 15 is 0 Å². The Hall–Kier alpha value is -2.61. The third-order valence-corrected chi connectivity index (χ3v) is 7.08. The summed E-state index contributed by atoms with van der Waals surface area (Å²) < 4.78 is 13.0. The van der Waals surface area contributed by atoms with E-state index in [1.807, 2.05) is 17.5 Å². The van der Waals surface area contributed by atoms with E-state index in [9.17, 15) is 14.1 Å². The van der Waals surface area contributed by atoms with Crippen LogP contribution in [0.5, 0.6) is 0 Å². The second kappa shape index (κ2) is 7.79. The van der Waals surface area contributed by atoms with Crippen molar-refractivity contribution in [2.75, 3.05) is 18.5 Å². The minimum atomic E-state index is -1.49. The molecule has 1 atom stereocenters. The van der Waals surface area contributed by atoms with E-state index in [0.717, 1.165) is 6.42 Å². The molecule has 0 saturated heterocycles. The Morgan fingerprint density at radius 2 is 1.96 bits per heavy atom. The number of hydrogen-bond acceptors (Lipinski definition) is 4. The molecule has 142 valence electrons. The lowest BCUT2D eigenvalue weighted by atomic mass is 10.1. The van der Waals surface area contributed by atoms with Crippen molar-refractivity contribution in [3.63, 3.8) is 0 Å². The fourth-order valence-electron chi connectivity index (χ4n) is 3.15. The van der Waals surface area contributed by atoms with Crippen LogP contribution in [0.2, 0.25) is 0 Å². The Morgan fingerprint density at radius 1 is 1.14 bits per heavy atom. The number of nitrogens with one attached hydrogen (secondary N) is 1. The van der Waals surface area contributed by atoms with E-state index in [-0.39, 0.29) is 11.8 Å². The van der Waals surface area contributed by atoms with Gasteiger partial charge >= 0.3 is 0 Å². The van der Waals surface area contributed by atoms with Gasteiger partial charge in [0, 0.05) is 35.2 Å². The highest BCUT2D eigenvalue weighted by molar-refractivity contribution is 7.91. The van der Waals surface area contributed by atoms with Crippen molar-refractivity contribution in [2.45, 2.75) is 16.2 Å². The molecule has 7 heteroatoms. The molecule has 5 nitrogen and oxygen atoms in total. The standard InChI is InChI=1S/C21H18N2O3S2/c1-23-17-13-14(20(24)22-11-10-15-5-4-12-27-15)8-9-19(17)28(26)18-7-3-2-6-16(18)21(23)25/h2-9,12-13H,10-11H2,1H3,(H,22,24)/t28-/m1/s1. The van der Waals surface area contributed by atoms with Crippen molar-refractivity contribution < 1.29 is 14.1 Å². The van der Waals surface area contributed by atoms with Crippen LogP contribution in [0.4, 0.5) is 5.69 Å². The first kappa shape index (κ1) is 18.7. The third kappa shape index (κ3) is 3.44. The van der Waals surface area contributed by atoms with Crippen molar-refractivity contribution in [1.82, 2.24) is 5.32 Å². The van der Waals surface area contributed by atoms with E-state index in [0.29, 0.717) is 33.2 Å². The molecule has 0 aliphatic carbocycles. The van der Waals surface area contributed by atoms with Gasteiger partial charge in [0.15, 0.2) is 9.79 Å². The lowest BCUT2D eigenvalue weighted by Crippen LogP contribution is -2.28. The van der Waals surface area contributed by atoms with Crippen molar-refractivity contribution in [3.8, 4) is 0 Å². The summed E-state index contributed by atoms with van der Waals surface area (Å²) in [4.78, 5) is 29.1. The van der Waals surface area contributed by atoms with Crippen LogP contribution in [-0.2, 0) is 17.6 Å². The summed E-state index contributed by atoms with van der Waals surface area (Å²) in [7, 11) is 1.64. The van der Waals surface area contributed by atoms with Crippen molar-refractivity contribution >= 4 is 40.0 Å². The number of thiophene rings is 1. The molecule has 0 saturated carbocycles. The molecule has 0 bridgehead atoms. The largest absolute Gasteiger partial charge is 0.606 e. The number of benzene rings is 2. The minimum Gasteiger partial charge on any atom is -0.606 e. The number of nitrogens with zero attached hydrogens (tertiary/aromatic N) is 1. The lowest BCUT2D eigenvalue weighted by Gasteiger charge is -2.17. The molecule has 0 unspecified atom stereocenters. The number of amides is 2. The predicted octanol–water partition coefficient (Wildman–Crippen LogP) is 3.48. The van der Waals surface area contributed by atoms with Gasteiger partial charge in [-0.25, -0.2) is 0 Å². The first-order valence-corrected chi connectivity index (χ1v) is 10.8. The predicted molar refractivity (Wildman–Crippen MR) is 111 cm³/mol. The zero-order valence-corrected chi connectivity index (χ0v) is 16.8. The Balaban J connectivity index is 1.59. The Morgan fingerprint density at radius 3 is 2.75 bits per heavy atom.